The summed E-state index contributed by atoms with van der Waals surface area (Å²) in [7, 11) is 0. The highest BCUT2D eigenvalue weighted by atomic mass is 79.9. The molecule has 0 fully saturated rings. The summed E-state index contributed by atoms with van der Waals surface area (Å²) in [5, 5.41) is 16.5. The van der Waals surface area contributed by atoms with Crippen LogP contribution in [0.1, 0.15) is 32.8 Å². The first-order valence-electron chi connectivity index (χ1n) is 7.12. The van der Waals surface area contributed by atoms with Gasteiger partial charge in [-0.3, -0.25) is 10.1 Å². The quantitative estimate of drug-likeness (QED) is 0.439. The Kier molecular flexibility index (Phi) is 6.74. The number of nitrogens with zero attached hydrogens (tertiary/aromatic N) is 2. The van der Waals surface area contributed by atoms with Crippen LogP contribution in [0, 0.1) is 17.0 Å². The predicted octanol–water partition coefficient (Wildman–Crippen LogP) is 3.39. The fraction of sp³-hybridized carbons (Fsp3) is 0.571. The highest BCUT2D eigenvalue weighted by Crippen LogP contribution is 2.30. The van der Waals surface area contributed by atoms with E-state index < -0.39 is 16.6 Å². The second-order valence-electron chi connectivity index (χ2n) is 5.90. The van der Waals surface area contributed by atoms with Crippen molar-refractivity contribution < 1.29 is 14.5 Å². The van der Waals surface area contributed by atoms with Gasteiger partial charge in [-0.15, -0.1) is 0 Å². The van der Waals surface area contributed by atoms with Crippen molar-refractivity contribution in [2.45, 2.75) is 39.7 Å². The Hall–Kier alpha value is -1.90. The number of pyridine rings is 1. The topological polar surface area (TPSA) is 106 Å². The summed E-state index contributed by atoms with van der Waals surface area (Å²) in [6.07, 6.45) is 1.42. The summed E-state index contributed by atoms with van der Waals surface area (Å²) < 4.78 is 5.68. The smallest absolute Gasteiger partial charge is 0.407 e. The number of rotatable bonds is 6. The standard InChI is InChI=1S/C14H21BrN4O4/c1-9-10(19(21)22)8-18-12(11(9)15)16-6-5-7-17-13(20)23-14(2,3)4/h8H,5-7H2,1-4H3,(H,16,18)(H,17,20). The number of anilines is 1. The van der Waals surface area contributed by atoms with Gasteiger partial charge in [0.15, 0.2) is 0 Å². The third-order valence-electron chi connectivity index (χ3n) is 2.75. The molecule has 0 saturated carbocycles. The Labute approximate surface area is 143 Å². The fourth-order valence-corrected chi connectivity index (χ4v) is 2.12. The van der Waals surface area contributed by atoms with E-state index in [1.165, 1.54) is 6.20 Å². The lowest BCUT2D eigenvalue weighted by Crippen LogP contribution is -2.33. The van der Waals surface area contributed by atoms with Gasteiger partial charge in [-0.05, 0) is 50.0 Å². The molecule has 0 aliphatic rings. The average Bonchev–Trinajstić information content (AvgIpc) is 2.40. The number of nitro groups is 1. The van der Waals surface area contributed by atoms with E-state index in [9.17, 15) is 14.9 Å². The van der Waals surface area contributed by atoms with Gasteiger partial charge in [-0.25, -0.2) is 9.78 Å². The second kappa shape index (κ2) is 8.09. The van der Waals surface area contributed by atoms with E-state index in [2.05, 4.69) is 31.5 Å². The van der Waals surface area contributed by atoms with Crippen LogP contribution in [0.3, 0.4) is 0 Å². The Morgan fingerprint density at radius 1 is 1.43 bits per heavy atom. The van der Waals surface area contributed by atoms with Crippen LogP contribution in [-0.4, -0.2) is 34.7 Å². The molecular formula is C14H21BrN4O4. The first-order chi connectivity index (χ1) is 10.6. The number of ether oxygens (including phenoxy) is 1. The highest BCUT2D eigenvalue weighted by molar-refractivity contribution is 9.10. The SMILES string of the molecule is Cc1c([N+](=O)[O-])cnc(NCCCNC(=O)OC(C)(C)C)c1Br. The molecule has 0 atom stereocenters. The minimum Gasteiger partial charge on any atom is -0.444 e. The molecule has 1 aromatic heterocycles. The molecular weight excluding hydrogens is 368 g/mol. The minimum atomic E-state index is -0.520. The van der Waals surface area contributed by atoms with E-state index in [0.717, 1.165) is 0 Å². The van der Waals surface area contributed by atoms with Crippen LogP contribution < -0.4 is 10.6 Å². The first-order valence-corrected chi connectivity index (χ1v) is 7.91. The van der Waals surface area contributed by atoms with Crippen molar-refractivity contribution in [1.82, 2.24) is 10.3 Å². The van der Waals surface area contributed by atoms with Crippen LogP contribution in [0.4, 0.5) is 16.3 Å². The fourth-order valence-electron chi connectivity index (χ4n) is 1.68. The van der Waals surface area contributed by atoms with Gasteiger partial charge in [0.25, 0.3) is 5.69 Å². The maximum absolute atomic E-state index is 11.5. The summed E-state index contributed by atoms with van der Waals surface area (Å²) in [6, 6.07) is 0. The van der Waals surface area contributed by atoms with Gasteiger partial charge in [-0.2, -0.15) is 0 Å². The normalized spacial score (nSPS) is 11.0. The summed E-state index contributed by atoms with van der Waals surface area (Å²) in [4.78, 5) is 25.8. The molecule has 1 heterocycles. The van der Waals surface area contributed by atoms with Gasteiger partial charge in [-0.1, -0.05) is 0 Å². The number of hydrogen-bond donors (Lipinski definition) is 2. The van der Waals surface area contributed by atoms with Gasteiger partial charge in [0, 0.05) is 18.7 Å². The zero-order valence-corrected chi connectivity index (χ0v) is 15.2. The molecule has 1 rings (SSSR count). The highest BCUT2D eigenvalue weighted by Gasteiger charge is 2.17. The van der Waals surface area contributed by atoms with Crippen LogP contribution in [0.25, 0.3) is 0 Å². The molecule has 0 bridgehead atoms. The van der Waals surface area contributed by atoms with Crippen molar-refractivity contribution in [1.29, 1.82) is 0 Å². The Bertz CT molecular complexity index is 587. The molecule has 0 unspecified atom stereocenters. The van der Waals surface area contributed by atoms with E-state index in [0.29, 0.717) is 35.4 Å². The maximum atomic E-state index is 11.5. The molecule has 0 aliphatic carbocycles. The average molecular weight is 389 g/mol. The molecule has 23 heavy (non-hydrogen) atoms. The van der Waals surface area contributed by atoms with Gasteiger partial charge in [0.2, 0.25) is 0 Å². The molecule has 0 radical (unpaired) electrons. The van der Waals surface area contributed by atoms with Crippen LogP contribution in [0.5, 0.6) is 0 Å². The van der Waals surface area contributed by atoms with Crippen molar-refractivity contribution in [2.75, 3.05) is 18.4 Å². The zero-order valence-electron chi connectivity index (χ0n) is 13.6. The Balaban J connectivity index is 2.41. The summed E-state index contributed by atoms with van der Waals surface area (Å²) in [5.74, 6) is 0.533. The third kappa shape index (κ3) is 6.39. The lowest BCUT2D eigenvalue weighted by Gasteiger charge is -2.19. The predicted molar refractivity (Wildman–Crippen MR) is 90.7 cm³/mol. The largest absolute Gasteiger partial charge is 0.444 e. The van der Waals surface area contributed by atoms with Crippen LogP contribution in [0.15, 0.2) is 10.7 Å². The molecule has 2 N–H and O–H groups in total. The van der Waals surface area contributed by atoms with Gasteiger partial charge >= 0.3 is 6.09 Å². The van der Waals surface area contributed by atoms with E-state index in [-0.39, 0.29) is 5.69 Å². The monoisotopic (exact) mass is 388 g/mol. The molecule has 0 spiro atoms. The number of halogens is 1. The number of carbonyl (C=O) groups is 1. The molecule has 9 heteroatoms. The first kappa shape index (κ1) is 19.1. The van der Waals surface area contributed by atoms with Crippen LogP contribution >= 0.6 is 15.9 Å². The minimum absolute atomic E-state index is 0.0333. The van der Waals surface area contributed by atoms with Crippen molar-refractivity contribution in [3.63, 3.8) is 0 Å². The molecule has 128 valence electrons. The molecule has 0 aromatic carbocycles. The molecule has 0 aliphatic heterocycles. The Morgan fingerprint density at radius 3 is 2.65 bits per heavy atom. The zero-order chi connectivity index (χ0) is 17.6. The second-order valence-corrected chi connectivity index (χ2v) is 6.69. The van der Waals surface area contributed by atoms with E-state index in [1.54, 1.807) is 27.7 Å². The number of amides is 1. The van der Waals surface area contributed by atoms with Crippen molar-refractivity contribution in [2.24, 2.45) is 0 Å². The Morgan fingerprint density at radius 2 is 2.09 bits per heavy atom. The van der Waals surface area contributed by atoms with E-state index in [4.69, 9.17) is 4.74 Å². The molecule has 1 aromatic rings. The van der Waals surface area contributed by atoms with Crippen LogP contribution in [-0.2, 0) is 4.74 Å². The molecule has 1 amide bonds. The molecule has 0 saturated heterocycles. The third-order valence-corrected chi connectivity index (χ3v) is 3.72. The lowest BCUT2D eigenvalue weighted by atomic mass is 10.2. The number of carbonyl (C=O) groups excluding carboxylic acids is 1. The number of alkyl carbamates (subject to hydrolysis) is 1. The van der Waals surface area contributed by atoms with Crippen LogP contribution in [0.2, 0.25) is 0 Å². The number of nitrogens with one attached hydrogen (secondary N) is 2. The van der Waals surface area contributed by atoms with Crippen molar-refractivity contribution >= 4 is 33.5 Å². The maximum Gasteiger partial charge on any atom is 0.407 e. The van der Waals surface area contributed by atoms with E-state index in [1.807, 2.05) is 0 Å². The summed E-state index contributed by atoms with van der Waals surface area (Å²) in [5.41, 5.74) is -0.0404. The number of aromatic nitrogens is 1. The van der Waals surface area contributed by atoms with Crippen molar-refractivity contribution in [3.05, 3.63) is 26.3 Å². The van der Waals surface area contributed by atoms with Gasteiger partial charge in [0.1, 0.15) is 17.6 Å². The lowest BCUT2D eigenvalue weighted by molar-refractivity contribution is -0.385. The van der Waals surface area contributed by atoms with Crippen molar-refractivity contribution in [3.8, 4) is 0 Å². The summed E-state index contributed by atoms with van der Waals surface area (Å²) >= 11 is 3.31. The van der Waals surface area contributed by atoms with Gasteiger partial charge in [0.05, 0.1) is 9.40 Å². The molecule has 8 nitrogen and oxygen atoms in total. The van der Waals surface area contributed by atoms with Gasteiger partial charge < -0.3 is 15.4 Å². The summed E-state index contributed by atoms with van der Waals surface area (Å²) in [6.45, 7) is 8.06. The van der Waals surface area contributed by atoms with E-state index >= 15 is 0 Å². The number of hydrogen-bond acceptors (Lipinski definition) is 6.